The Morgan fingerprint density at radius 2 is 0.726 bits per heavy atom. The molecule has 0 saturated heterocycles. The zero-order chi connectivity index (χ0) is 42.8. The Labute approximate surface area is 382 Å². The Morgan fingerprint density at radius 1 is 0.435 bits per heavy atom. The quantitative estimate of drug-likeness (QED) is 0.119. The maximum absolute atomic E-state index is 13.3. The van der Waals surface area contributed by atoms with Gasteiger partial charge in [-0.05, 0) is 221 Å². The van der Waals surface area contributed by atoms with Gasteiger partial charge in [0.15, 0.2) is 0 Å². The van der Waals surface area contributed by atoms with Gasteiger partial charge in [-0.15, -0.1) is 23.2 Å². The van der Waals surface area contributed by atoms with Gasteiger partial charge in [0.2, 0.25) is 0 Å². The van der Waals surface area contributed by atoms with Gasteiger partial charge in [0.1, 0.15) is 5.78 Å². The third-order valence-corrected chi connectivity index (χ3v) is 17.2. The molecule has 0 amide bonds. The number of Topliss-reactive ketones (excluding diaryl/α,β-unsaturated/α-hetero) is 1. The summed E-state index contributed by atoms with van der Waals surface area (Å²) in [6, 6.07) is 38.3. The average molecular weight is 866 g/mol. The van der Waals surface area contributed by atoms with E-state index in [1.165, 1.54) is 125 Å². The molecule has 4 aromatic rings. The van der Waals surface area contributed by atoms with E-state index < -0.39 is 0 Å². The summed E-state index contributed by atoms with van der Waals surface area (Å²) in [6.45, 7) is 0. The first-order chi connectivity index (χ1) is 30.3. The molecule has 4 saturated carbocycles. The van der Waals surface area contributed by atoms with E-state index in [-0.39, 0.29) is 10.8 Å². The van der Waals surface area contributed by atoms with Crippen LogP contribution in [0.3, 0.4) is 0 Å². The Balaban J connectivity index is 0.676. The highest BCUT2D eigenvalue weighted by Crippen LogP contribution is 2.44. The normalized spacial score (nSPS) is 27.6. The first-order valence-electron chi connectivity index (χ1n) is 24.3. The maximum atomic E-state index is 13.3. The van der Waals surface area contributed by atoms with Crippen LogP contribution in [-0.2, 0) is 4.79 Å². The molecule has 4 aliphatic rings. The number of hydrogen-bond acceptors (Lipinski definition) is 3. The summed E-state index contributed by atoms with van der Waals surface area (Å²) >= 11 is 14.3. The van der Waals surface area contributed by atoms with E-state index in [0.29, 0.717) is 52.4 Å². The van der Waals surface area contributed by atoms with Gasteiger partial charge in [0.25, 0.3) is 0 Å². The van der Waals surface area contributed by atoms with Gasteiger partial charge in [0, 0.05) is 23.6 Å². The molecule has 4 fully saturated rings. The van der Waals surface area contributed by atoms with E-state index in [0.717, 1.165) is 48.6 Å². The predicted octanol–water partition coefficient (Wildman–Crippen LogP) is 16.0. The molecule has 8 rings (SSSR count). The van der Waals surface area contributed by atoms with Crippen LogP contribution in [0, 0.1) is 58.2 Å². The second-order valence-electron chi connectivity index (χ2n) is 20.1. The van der Waals surface area contributed by atoms with Crippen molar-refractivity contribution in [2.75, 3.05) is 0 Å². The van der Waals surface area contributed by atoms with Crippen LogP contribution < -0.4 is 0 Å². The first kappa shape index (κ1) is 44.7. The Bertz CT molecular complexity index is 1950. The van der Waals surface area contributed by atoms with Crippen LogP contribution in [0.15, 0.2) is 97.1 Å². The lowest BCUT2D eigenvalue weighted by Crippen LogP contribution is -2.27. The number of rotatable bonds is 14. The van der Waals surface area contributed by atoms with Gasteiger partial charge >= 0.3 is 0 Å². The first-order valence-corrected chi connectivity index (χ1v) is 25.2. The van der Waals surface area contributed by atoms with Gasteiger partial charge in [-0.25, -0.2) is 0 Å². The molecule has 0 bridgehead atoms. The van der Waals surface area contributed by atoms with Crippen molar-refractivity contribution in [1.29, 1.82) is 10.5 Å². The van der Waals surface area contributed by atoms with Crippen molar-refractivity contribution in [3.8, 4) is 34.4 Å². The van der Waals surface area contributed by atoms with Crippen LogP contribution in [0.25, 0.3) is 22.3 Å². The highest BCUT2D eigenvalue weighted by Gasteiger charge is 2.33. The molecule has 0 N–H and O–H groups in total. The van der Waals surface area contributed by atoms with Gasteiger partial charge in [-0.2, -0.15) is 10.5 Å². The van der Waals surface area contributed by atoms with Crippen LogP contribution >= 0.6 is 23.2 Å². The molecular formula is C57H66Cl2N2O. The van der Waals surface area contributed by atoms with Crippen molar-refractivity contribution in [3.05, 3.63) is 119 Å². The molecule has 0 aliphatic heterocycles. The molecule has 324 valence electrons. The molecule has 62 heavy (non-hydrogen) atoms. The summed E-state index contributed by atoms with van der Waals surface area (Å²) in [5, 5.41) is 18.7. The fraction of sp³-hybridized carbons (Fsp3) is 0.526. The number of nitrogens with zero attached hydrogens (tertiary/aromatic N) is 2. The lowest BCUT2D eigenvalue weighted by Gasteiger charge is -2.35. The monoisotopic (exact) mass is 864 g/mol. The van der Waals surface area contributed by atoms with Crippen LogP contribution in [0.4, 0.5) is 0 Å². The summed E-state index contributed by atoms with van der Waals surface area (Å²) < 4.78 is 0. The summed E-state index contributed by atoms with van der Waals surface area (Å²) in [7, 11) is 0. The van der Waals surface area contributed by atoms with Crippen LogP contribution in [0.1, 0.15) is 163 Å². The number of benzene rings is 4. The van der Waals surface area contributed by atoms with Crippen molar-refractivity contribution < 1.29 is 4.79 Å². The molecular weight excluding hydrogens is 800 g/mol. The number of halogens is 2. The summed E-state index contributed by atoms with van der Waals surface area (Å²) in [4.78, 5) is 13.3. The van der Waals surface area contributed by atoms with Crippen molar-refractivity contribution in [2.24, 2.45) is 35.5 Å². The molecule has 4 aliphatic carbocycles. The Morgan fingerprint density at radius 3 is 1.03 bits per heavy atom. The summed E-state index contributed by atoms with van der Waals surface area (Å²) in [5.74, 6) is 5.53. The molecule has 3 nitrogen and oxygen atoms in total. The zero-order valence-corrected chi connectivity index (χ0v) is 38.2. The lowest BCUT2D eigenvalue weighted by atomic mass is 9.72. The molecule has 0 heterocycles. The standard InChI is InChI=1S/C57H66Cl2N2O/c58-56(35-41-1-13-45(14-2-41)49-25-29-51(30-26-49)47-17-9-43(37-60)10-18-47)53-21-5-39(6-22-53)33-55(62)34-40-7-23-54(24-8-40)57(59)36-42-3-15-46(16-4-42)50-27-31-52(32-28-50)48-19-11-44(38-61)12-20-48/h9-12,17-20,25-32,39-42,45-46,53-54,56-57H,1-8,13-16,21-24,33-36H2. The highest BCUT2D eigenvalue weighted by molar-refractivity contribution is 6.21. The number of carbonyl (C=O) groups excluding carboxylic acids is 1. The number of ketones is 1. The van der Waals surface area contributed by atoms with E-state index in [4.69, 9.17) is 33.7 Å². The summed E-state index contributed by atoms with van der Waals surface area (Å²) in [5.41, 5.74) is 9.03. The smallest absolute Gasteiger partial charge is 0.133 e. The molecule has 5 heteroatoms. The number of carbonyl (C=O) groups is 1. The van der Waals surface area contributed by atoms with Crippen LogP contribution in [-0.4, -0.2) is 16.5 Å². The molecule has 0 spiro atoms. The third-order valence-electron chi connectivity index (χ3n) is 16.1. The molecule has 0 aromatic heterocycles. The second kappa shape index (κ2) is 21.7. The van der Waals surface area contributed by atoms with Crippen LogP contribution in [0.5, 0.6) is 0 Å². The van der Waals surface area contributed by atoms with E-state index in [1.807, 2.05) is 48.5 Å². The van der Waals surface area contributed by atoms with Crippen molar-refractivity contribution in [3.63, 3.8) is 0 Å². The number of nitriles is 2. The van der Waals surface area contributed by atoms with E-state index in [1.54, 1.807) is 0 Å². The van der Waals surface area contributed by atoms with Gasteiger partial charge in [0.05, 0.1) is 23.3 Å². The SMILES string of the molecule is N#Cc1ccc(-c2ccc(C3CCC(CC(Cl)C4CCC(CC(=O)CC5CCC(C(Cl)CC6CCC(c7ccc(-c8ccc(C#N)cc8)cc7)CC6)CC5)CC4)CC3)cc2)cc1. The average Bonchev–Trinajstić information content (AvgIpc) is 3.32. The summed E-state index contributed by atoms with van der Waals surface area (Å²) in [6.07, 6.45) is 23.3. The van der Waals surface area contributed by atoms with Gasteiger partial charge < -0.3 is 0 Å². The third kappa shape index (κ3) is 11.8. The topological polar surface area (TPSA) is 64.7 Å². The number of hydrogen-bond donors (Lipinski definition) is 0. The minimum atomic E-state index is 0.265. The van der Waals surface area contributed by atoms with E-state index in [2.05, 4.69) is 60.7 Å². The predicted molar refractivity (Wildman–Crippen MR) is 256 cm³/mol. The van der Waals surface area contributed by atoms with Gasteiger partial charge in [-0.1, -0.05) is 72.8 Å². The fourth-order valence-corrected chi connectivity index (χ4v) is 13.1. The van der Waals surface area contributed by atoms with Crippen molar-refractivity contribution in [1.82, 2.24) is 0 Å². The van der Waals surface area contributed by atoms with Gasteiger partial charge in [-0.3, -0.25) is 4.79 Å². The minimum absolute atomic E-state index is 0.265. The van der Waals surface area contributed by atoms with E-state index in [9.17, 15) is 4.79 Å². The van der Waals surface area contributed by atoms with E-state index >= 15 is 0 Å². The largest absolute Gasteiger partial charge is 0.300 e. The second-order valence-corrected chi connectivity index (χ2v) is 21.2. The molecule has 2 unspecified atom stereocenters. The van der Waals surface area contributed by atoms with Crippen LogP contribution in [0.2, 0.25) is 0 Å². The Hall–Kier alpha value is -3.89. The number of alkyl halides is 2. The zero-order valence-electron chi connectivity index (χ0n) is 36.7. The maximum Gasteiger partial charge on any atom is 0.133 e. The van der Waals surface area contributed by atoms with Crippen molar-refractivity contribution >= 4 is 29.0 Å². The molecule has 0 radical (unpaired) electrons. The Kier molecular flexibility index (Phi) is 15.6. The van der Waals surface area contributed by atoms with Crippen molar-refractivity contribution in [2.45, 2.75) is 151 Å². The fourth-order valence-electron chi connectivity index (χ4n) is 12.1. The molecule has 2 atom stereocenters. The molecule has 4 aromatic carbocycles. The lowest BCUT2D eigenvalue weighted by molar-refractivity contribution is -0.121. The highest BCUT2D eigenvalue weighted by atomic mass is 35.5. The minimum Gasteiger partial charge on any atom is -0.300 e.